The highest BCUT2D eigenvalue weighted by Crippen LogP contribution is 2.33. The third kappa shape index (κ3) is 3.82. The number of hydrogen-bond acceptors (Lipinski definition) is 5. The Balaban J connectivity index is 1.60. The molecule has 1 aromatic heterocycles. The van der Waals surface area contributed by atoms with Gasteiger partial charge in [0.25, 0.3) is 5.91 Å². The van der Waals surface area contributed by atoms with Crippen LogP contribution in [0.25, 0.3) is 0 Å². The average molecular weight is 319 g/mol. The zero-order chi connectivity index (χ0) is 16.1. The van der Waals surface area contributed by atoms with E-state index in [-0.39, 0.29) is 11.7 Å². The first-order chi connectivity index (χ1) is 11.2. The van der Waals surface area contributed by atoms with Gasteiger partial charge in [0, 0.05) is 38.7 Å². The summed E-state index contributed by atoms with van der Waals surface area (Å²) in [5.41, 5.74) is 1.60. The van der Waals surface area contributed by atoms with Crippen LogP contribution in [0.1, 0.15) is 43.0 Å². The van der Waals surface area contributed by atoms with Gasteiger partial charge < -0.3 is 19.7 Å². The van der Waals surface area contributed by atoms with Crippen LogP contribution in [0.4, 0.5) is 5.69 Å². The Morgan fingerprint density at radius 3 is 2.74 bits per heavy atom. The van der Waals surface area contributed by atoms with Crippen molar-refractivity contribution < 1.29 is 14.3 Å². The lowest BCUT2D eigenvalue weighted by atomic mass is 10.0. The minimum atomic E-state index is -0.376. The summed E-state index contributed by atoms with van der Waals surface area (Å²) in [7, 11) is 0. The molecule has 0 bridgehead atoms. The van der Waals surface area contributed by atoms with Crippen LogP contribution in [0.2, 0.25) is 0 Å². The maximum absolute atomic E-state index is 12.1. The normalized spacial score (nSPS) is 20.0. The summed E-state index contributed by atoms with van der Waals surface area (Å²) in [5, 5.41) is 2.93. The molecule has 3 heterocycles. The molecule has 1 amide bonds. The summed E-state index contributed by atoms with van der Waals surface area (Å²) in [6.07, 6.45) is 7.20. The first-order valence-corrected chi connectivity index (χ1v) is 8.48. The van der Waals surface area contributed by atoms with Crippen molar-refractivity contribution in [3.8, 4) is 0 Å². The molecule has 2 fully saturated rings. The van der Waals surface area contributed by atoms with Gasteiger partial charge in [0.15, 0.2) is 5.79 Å². The van der Waals surface area contributed by atoms with Crippen molar-refractivity contribution in [2.45, 2.75) is 38.4 Å². The molecule has 126 valence electrons. The molecule has 1 spiro atoms. The number of pyridine rings is 1. The highest BCUT2D eigenvalue weighted by molar-refractivity contribution is 5.94. The van der Waals surface area contributed by atoms with Crippen LogP contribution in [0.15, 0.2) is 18.5 Å². The van der Waals surface area contributed by atoms with Crippen molar-refractivity contribution in [1.82, 2.24) is 10.3 Å². The monoisotopic (exact) mass is 319 g/mol. The minimum Gasteiger partial charge on any atom is -0.370 e. The zero-order valence-corrected chi connectivity index (χ0v) is 13.7. The predicted molar refractivity (Wildman–Crippen MR) is 87.6 cm³/mol. The van der Waals surface area contributed by atoms with E-state index in [4.69, 9.17) is 9.47 Å². The number of unbranched alkanes of at least 4 members (excludes halogenated alkanes) is 1. The number of anilines is 1. The smallest absolute Gasteiger partial charge is 0.252 e. The number of piperidine rings is 1. The molecule has 2 aliphatic rings. The topological polar surface area (TPSA) is 63.7 Å². The molecule has 0 atom stereocenters. The van der Waals surface area contributed by atoms with Crippen LogP contribution in [-0.4, -0.2) is 49.5 Å². The van der Waals surface area contributed by atoms with E-state index < -0.39 is 0 Å². The third-order valence-corrected chi connectivity index (χ3v) is 4.51. The number of nitrogens with zero attached hydrogens (tertiary/aromatic N) is 2. The lowest BCUT2D eigenvalue weighted by molar-refractivity contribution is -0.169. The molecule has 2 saturated heterocycles. The third-order valence-electron chi connectivity index (χ3n) is 4.51. The number of hydrogen-bond donors (Lipinski definition) is 1. The first kappa shape index (κ1) is 16.2. The van der Waals surface area contributed by atoms with Gasteiger partial charge in [-0.25, -0.2) is 0 Å². The maximum atomic E-state index is 12.1. The maximum Gasteiger partial charge on any atom is 0.252 e. The summed E-state index contributed by atoms with van der Waals surface area (Å²) < 4.78 is 11.5. The zero-order valence-electron chi connectivity index (χ0n) is 13.7. The first-order valence-electron chi connectivity index (χ1n) is 8.48. The van der Waals surface area contributed by atoms with Gasteiger partial charge >= 0.3 is 0 Å². The summed E-state index contributed by atoms with van der Waals surface area (Å²) in [6, 6.07) is 1.92. The number of carbonyl (C=O) groups excluding carboxylic acids is 1. The summed E-state index contributed by atoms with van der Waals surface area (Å²) in [5.74, 6) is -0.428. The van der Waals surface area contributed by atoms with Gasteiger partial charge in [-0.05, 0) is 12.5 Å². The molecule has 23 heavy (non-hydrogen) atoms. The van der Waals surface area contributed by atoms with E-state index >= 15 is 0 Å². The predicted octanol–water partition coefficient (Wildman–Crippen LogP) is 1.95. The quantitative estimate of drug-likeness (QED) is 0.841. The summed E-state index contributed by atoms with van der Waals surface area (Å²) in [4.78, 5) is 18.6. The van der Waals surface area contributed by atoms with Gasteiger partial charge in [-0.15, -0.1) is 0 Å². The van der Waals surface area contributed by atoms with Crippen LogP contribution in [0.3, 0.4) is 0 Å². The minimum absolute atomic E-state index is 0.0521. The molecule has 1 aromatic rings. The molecule has 2 aliphatic heterocycles. The molecule has 0 saturated carbocycles. The Labute approximate surface area is 137 Å². The van der Waals surface area contributed by atoms with Crippen LogP contribution in [-0.2, 0) is 9.47 Å². The van der Waals surface area contributed by atoms with Crippen LogP contribution in [0, 0.1) is 0 Å². The number of nitrogens with one attached hydrogen (secondary N) is 1. The second-order valence-electron chi connectivity index (χ2n) is 6.14. The van der Waals surface area contributed by atoms with Gasteiger partial charge in [0.2, 0.25) is 0 Å². The fourth-order valence-corrected chi connectivity index (χ4v) is 3.10. The number of ether oxygens (including phenoxy) is 2. The van der Waals surface area contributed by atoms with E-state index in [1.165, 1.54) is 0 Å². The van der Waals surface area contributed by atoms with E-state index in [0.717, 1.165) is 44.5 Å². The van der Waals surface area contributed by atoms with Crippen molar-refractivity contribution in [3.63, 3.8) is 0 Å². The Bertz CT molecular complexity index is 534. The van der Waals surface area contributed by atoms with E-state index in [0.29, 0.717) is 25.3 Å². The van der Waals surface area contributed by atoms with Crippen molar-refractivity contribution in [2.75, 3.05) is 37.7 Å². The van der Waals surface area contributed by atoms with Gasteiger partial charge in [-0.1, -0.05) is 13.3 Å². The molecule has 3 rings (SSSR count). The number of rotatable bonds is 5. The highest BCUT2D eigenvalue weighted by atomic mass is 16.7. The molecule has 1 N–H and O–H groups in total. The van der Waals surface area contributed by atoms with Gasteiger partial charge in [-0.2, -0.15) is 0 Å². The van der Waals surface area contributed by atoms with Crippen molar-refractivity contribution in [3.05, 3.63) is 24.0 Å². The second kappa shape index (κ2) is 7.27. The van der Waals surface area contributed by atoms with Crippen LogP contribution >= 0.6 is 0 Å². The molecule has 0 radical (unpaired) electrons. The Hall–Kier alpha value is -1.66. The highest BCUT2D eigenvalue weighted by Gasteiger charge is 2.39. The molecule has 0 aromatic carbocycles. The number of carbonyl (C=O) groups is 1. The second-order valence-corrected chi connectivity index (χ2v) is 6.14. The largest absolute Gasteiger partial charge is 0.370 e. The number of aromatic nitrogens is 1. The molecular formula is C17H25N3O3. The molecule has 6 heteroatoms. The summed E-state index contributed by atoms with van der Waals surface area (Å²) >= 11 is 0. The molecule has 0 unspecified atom stereocenters. The SMILES string of the molecule is CCCCNC(=O)c1cncc(N2CCC3(CC2)OCCO3)c1. The Morgan fingerprint density at radius 2 is 2.04 bits per heavy atom. The van der Waals surface area contributed by atoms with Crippen molar-refractivity contribution in [1.29, 1.82) is 0 Å². The van der Waals surface area contributed by atoms with Crippen molar-refractivity contribution >= 4 is 11.6 Å². The average Bonchev–Trinajstić information content (AvgIpc) is 3.04. The standard InChI is InChI=1S/C17H25N3O3/c1-2-3-6-19-16(21)14-11-15(13-18-12-14)20-7-4-17(5-8-20)22-9-10-23-17/h11-13H,2-10H2,1H3,(H,19,21). The Kier molecular flexibility index (Phi) is 5.13. The fraction of sp³-hybridized carbons (Fsp3) is 0.647. The van der Waals surface area contributed by atoms with Gasteiger partial charge in [0.05, 0.1) is 30.7 Å². The summed E-state index contributed by atoms with van der Waals surface area (Å²) in [6.45, 7) is 5.89. The molecule has 0 aliphatic carbocycles. The Morgan fingerprint density at radius 1 is 1.30 bits per heavy atom. The lowest BCUT2D eigenvalue weighted by Crippen LogP contribution is -2.45. The van der Waals surface area contributed by atoms with E-state index in [1.807, 2.05) is 12.3 Å². The van der Waals surface area contributed by atoms with Crippen LogP contribution < -0.4 is 10.2 Å². The lowest BCUT2D eigenvalue weighted by Gasteiger charge is -2.38. The molecule has 6 nitrogen and oxygen atoms in total. The molecular weight excluding hydrogens is 294 g/mol. The van der Waals surface area contributed by atoms with Gasteiger partial charge in [-0.3, -0.25) is 9.78 Å². The van der Waals surface area contributed by atoms with Crippen molar-refractivity contribution in [2.24, 2.45) is 0 Å². The fourth-order valence-electron chi connectivity index (χ4n) is 3.10. The van der Waals surface area contributed by atoms with Crippen LogP contribution in [0.5, 0.6) is 0 Å². The van der Waals surface area contributed by atoms with E-state index in [9.17, 15) is 4.79 Å². The van der Waals surface area contributed by atoms with Gasteiger partial charge in [0.1, 0.15) is 0 Å². The van der Waals surface area contributed by atoms with E-state index in [2.05, 4.69) is 22.1 Å². The van der Waals surface area contributed by atoms with E-state index in [1.54, 1.807) is 6.20 Å². The number of amides is 1.